The Labute approximate surface area is 184 Å². The van der Waals surface area contributed by atoms with Crippen LogP contribution in [-0.2, 0) is 0 Å². The highest BCUT2D eigenvalue weighted by atomic mass is 19.1. The third-order valence-corrected chi connectivity index (χ3v) is 4.90. The summed E-state index contributed by atoms with van der Waals surface area (Å²) in [4.78, 5) is 13.4. The molecule has 0 aliphatic carbocycles. The van der Waals surface area contributed by atoms with Gasteiger partial charge in [-0.25, -0.2) is 14.4 Å². The molecular weight excluding hydrogens is 401 g/mol. The Bertz CT molecular complexity index is 1480. The molecule has 0 atom stereocenters. The van der Waals surface area contributed by atoms with Gasteiger partial charge < -0.3 is 5.32 Å². The summed E-state index contributed by atoms with van der Waals surface area (Å²) in [6.07, 6.45) is 5.24. The van der Waals surface area contributed by atoms with Crippen LogP contribution in [0.2, 0.25) is 0 Å². The third kappa shape index (κ3) is 4.05. The van der Waals surface area contributed by atoms with Crippen molar-refractivity contribution in [3.8, 4) is 23.1 Å². The zero-order valence-corrected chi connectivity index (χ0v) is 17.2. The molecule has 32 heavy (non-hydrogen) atoms. The molecule has 0 spiro atoms. The predicted molar refractivity (Wildman–Crippen MR) is 123 cm³/mol. The molecular formula is C26H18FN5. The number of halogens is 1. The maximum Gasteiger partial charge on any atom is 0.157 e. The maximum absolute atomic E-state index is 13.4. The Morgan fingerprint density at radius 1 is 0.938 bits per heavy atom. The Kier molecular flexibility index (Phi) is 5.06. The fourth-order valence-corrected chi connectivity index (χ4v) is 3.39. The van der Waals surface area contributed by atoms with Crippen molar-refractivity contribution in [3.63, 3.8) is 0 Å². The Morgan fingerprint density at radius 2 is 1.78 bits per heavy atom. The standard InChI is InChI=1S/C26H18FN5/c1-18-4-2-7-22(29-18)11-8-19-5-3-6-20(16-19)25-26(30-23-12-9-21(27)10-13-23)32-15-14-28-17-24(32)31-25/h2-7,9-10,12-17,30H,1H3. The number of aromatic nitrogens is 4. The van der Waals surface area contributed by atoms with E-state index in [0.29, 0.717) is 5.65 Å². The van der Waals surface area contributed by atoms with Crippen LogP contribution in [0.15, 0.2) is 85.3 Å². The van der Waals surface area contributed by atoms with Crippen molar-refractivity contribution in [1.29, 1.82) is 0 Å². The van der Waals surface area contributed by atoms with Gasteiger partial charge in [0.25, 0.3) is 0 Å². The molecule has 0 aliphatic heterocycles. The van der Waals surface area contributed by atoms with Crippen molar-refractivity contribution in [3.05, 3.63) is 108 Å². The summed E-state index contributed by atoms with van der Waals surface area (Å²) in [7, 11) is 0. The Morgan fingerprint density at radius 3 is 2.62 bits per heavy atom. The molecule has 0 unspecified atom stereocenters. The molecule has 5 nitrogen and oxygen atoms in total. The normalized spacial score (nSPS) is 10.6. The van der Waals surface area contributed by atoms with Gasteiger partial charge in [-0.3, -0.25) is 9.38 Å². The van der Waals surface area contributed by atoms with Gasteiger partial charge >= 0.3 is 0 Å². The number of pyridine rings is 1. The highest BCUT2D eigenvalue weighted by molar-refractivity contribution is 5.80. The molecule has 1 N–H and O–H groups in total. The molecule has 5 rings (SSSR count). The van der Waals surface area contributed by atoms with E-state index in [2.05, 4.69) is 27.1 Å². The number of benzene rings is 2. The zero-order valence-electron chi connectivity index (χ0n) is 17.2. The molecule has 5 aromatic rings. The number of imidazole rings is 1. The maximum atomic E-state index is 13.4. The lowest BCUT2D eigenvalue weighted by atomic mass is 10.1. The van der Waals surface area contributed by atoms with Crippen molar-refractivity contribution in [2.45, 2.75) is 6.92 Å². The summed E-state index contributed by atoms with van der Waals surface area (Å²) in [5, 5.41) is 3.36. The van der Waals surface area contributed by atoms with E-state index in [1.54, 1.807) is 24.5 Å². The minimum absolute atomic E-state index is 0.285. The van der Waals surface area contributed by atoms with E-state index in [0.717, 1.165) is 39.7 Å². The van der Waals surface area contributed by atoms with Gasteiger partial charge in [-0.15, -0.1) is 0 Å². The summed E-state index contributed by atoms with van der Waals surface area (Å²) < 4.78 is 15.3. The molecule has 0 fully saturated rings. The number of nitrogens with zero attached hydrogens (tertiary/aromatic N) is 4. The number of rotatable bonds is 3. The van der Waals surface area contributed by atoms with Crippen LogP contribution in [0.1, 0.15) is 17.0 Å². The summed E-state index contributed by atoms with van der Waals surface area (Å²) in [6.45, 7) is 1.94. The number of hydrogen-bond donors (Lipinski definition) is 1. The van der Waals surface area contributed by atoms with E-state index < -0.39 is 0 Å². The molecule has 0 saturated carbocycles. The van der Waals surface area contributed by atoms with Crippen molar-refractivity contribution in [2.24, 2.45) is 0 Å². The summed E-state index contributed by atoms with van der Waals surface area (Å²) in [6, 6.07) is 19.9. The first kappa shape index (κ1) is 19.5. The average Bonchev–Trinajstić information content (AvgIpc) is 3.18. The second kappa shape index (κ2) is 8.32. The fourth-order valence-electron chi connectivity index (χ4n) is 3.39. The predicted octanol–water partition coefficient (Wildman–Crippen LogP) is 5.38. The van der Waals surface area contributed by atoms with Crippen LogP contribution in [-0.4, -0.2) is 19.4 Å². The van der Waals surface area contributed by atoms with E-state index >= 15 is 0 Å². The van der Waals surface area contributed by atoms with Gasteiger partial charge in [0.05, 0.1) is 6.20 Å². The summed E-state index contributed by atoms with van der Waals surface area (Å²) in [5.74, 6) is 6.78. The monoisotopic (exact) mass is 419 g/mol. The van der Waals surface area contributed by atoms with Crippen molar-refractivity contribution < 1.29 is 4.39 Å². The van der Waals surface area contributed by atoms with Crippen LogP contribution in [0.4, 0.5) is 15.9 Å². The van der Waals surface area contributed by atoms with Gasteiger partial charge in [0.1, 0.15) is 23.0 Å². The van der Waals surface area contributed by atoms with E-state index in [1.165, 1.54) is 12.1 Å². The van der Waals surface area contributed by atoms with Gasteiger partial charge in [0.15, 0.2) is 5.65 Å². The minimum atomic E-state index is -0.285. The van der Waals surface area contributed by atoms with Gasteiger partial charge in [-0.1, -0.05) is 24.1 Å². The minimum Gasteiger partial charge on any atom is -0.339 e. The molecule has 0 bridgehead atoms. The molecule has 0 aliphatic rings. The van der Waals surface area contributed by atoms with Crippen molar-refractivity contribution in [2.75, 3.05) is 5.32 Å². The quantitative estimate of drug-likeness (QED) is 0.399. The number of aryl methyl sites for hydroxylation is 1. The zero-order chi connectivity index (χ0) is 21.9. The van der Waals surface area contributed by atoms with E-state index in [9.17, 15) is 4.39 Å². The largest absolute Gasteiger partial charge is 0.339 e. The number of fused-ring (bicyclic) bond motifs is 1. The molecule has 2 aromatic carbocycles. The van der Waals surface area contributed by atoms with Crippen molar-refractivity contribution in [1.82, 2.24) is 19.4 Å². The Balaban J connectivity index is 1.56. The lowest BCUT2D eigenvalue weighted by molar-refractivity contribution is 0.628. The second-order valence-corrected chi connectivity index (χ2v) is 7.24. The molecule has 0 saturated heterocycles. The van der Waals surface area contributed by atoms with Crippen LogP contribution in [0, 0.1) is 24.6 Å². The molecule has 6 heteroatoms. The molecule has 3 heterocycles. The topological polar surface area (TPSA) is 55.1 Å². The highest BCUT2D eigenvalue weighted by Gasteiger charge is 2.15. The molecule has 0 amide bonds. The molecule has 0 radical (unpaired) electrons. The van der Waals surface area contributed by atoms with Crippen LogP contribution < -0.4 is 5.32 Å². The van der Waals surface area contributed by atoms with Crippen LogP contribution >= 0.6 is 0 Å². The van der Waals surface area contributed by atoms with Gasteiger partial charge in [-0.2, -0.15) is 0 Å². The first-order valence-electron chi connectivity index (χ1n) is 10.1. The SMILES string of the molecule is Cc1cccc(C#Cc2cccc(-c3nc4cnccn4c3Nc3ccc(F)cc3)c2)n1. The fraction of sp³-hybridized carbons (Fsp3) is 0.0385. The summed E-state index contributed by atoms with van der Waals surface area (Å²) in [5.41, 5.74) is 5.63. The van der Waals surface area contributed by atoms with Gasteiger partial charge in [0.2, 0.25) is 0 Å². The Hall–Kier alpha value is -4.50. The van der Waals surface area contributed by atoms with E-state index in [-0.39, 0.29) is 5.82 Å². The van der Waals surface area contributed by atoms with Crippen LogP contribution in [0.5, 0.6) is 0 Å². The summed E-state index contributed by atoms with van der Waals surface area (Å²) >= 11 is 0. The first-order valence-corrected chi connectivity index (χ1v) is 10.1. The number of nitrogens with one attached hydrogen (secondary N) is 1. The molecule has 3 aromatic heterocycles. The van der Waals surface area contributed by atoms with Crippen LogP contribution in [0.25, 0.3) is 16.9 Å². The van der Waals surface area contributed by atoms with Crippen LogP contribution in [0.3, 0.4) is 0 Å². The van der Waals surface area contributed by atoms with Gasteiger partial charge in [-0.05, 0) is 61.4 Å². The number of anilines is 2. The number of hydrogen-bond acceptors (Lipinski definition) is 4. The van der Waals surface area contributed by atoms with Crippen molar-refractivity contribution >= 4 is 17.2 Å². The van der Waals surface area contributed by atoms with E-state index in [4.69, 9.17) is 4.98 Å². The lowest BCUT2D eigenvalue weighted by Crippen LogP contribution is -1.97. The molecule has 154 valence electrons. The first-order chi connectivity index (χ1) is 15.7. The smallest absolute Gasteiger partial charge is 0.157 e. The van der Waals surface area contributed by atoms with Gasteiger partial charge in [0, 0.05) is 34.9 Å². The highest BCUT2D eigenvalue weighted by Crippen LogP contribution is 2.31. The second-order valence-electron chi connectivity index (χ2n) is 7.24. The average molecular weight is 419 g/mol. The van der Waals surface area contributed by atoms with E-state index in [1.807, 2.05) is 60.0 Å². The lowest BCUT2D eigenvalue weighted by Gasteiger charge is -2.09. The third-order valence-electron chi connectivity index (χ3n) is 4.90.